The average molecular weight is 209 g/mol. The van der Waals surface area contributed by atoms with Crippen LogP contribution in [0.2, 0.25) is 0 Å². The van der Waals surface area contributed by atoms with Gasteiger partial charge in [-0.2, -0.15) is 0 Å². The van der Waals surface area contributed by atoms with Gasteiger partial charge in [-0.25, -0.2) is 4.98 Å². The molecule has 0 aliphatic heterocycles. The fourth-order valence-electron chi connectivity index (χ4n) is 1.35. The third kappa shape index (κ3) is 2.37. The first-order valence-electron chi connectivity index (χ1n) is 5.13. The van der Waals surface area contributed by atoms with Crippen molar-refractivity contribution in [3.8, 4) is 0 Å². The topological polar surface area (TPSA) is 71.8 Å². The molecule has 0 aromatic carbocycles. The molecule has 4 heteroatoms. The van der Waals surface area contributed by atoms with E-state index in [1.54, 1.807) is 0 Å². The number of amides is 1. The van der Waals surface area contributed by atoms with Crippen LogP contribution in [0.4, 0.5) is 0 Å². The summed E-state index contributed by atoms with van der Waals surface area (Å²) >= 11 is 0. The van der Waals surface area contributed by atoms with Crippen LogP contribution in [0.25, 0.3) is 0 Å². The molecular formula is C11H19N3O. The van der Waals surface area contributed by atoms with Gasteiger partial charge in [-0.15, -0.1) is 0 Å². The number of H-pyrrole nitrogens is 1. The molecule has 0 saturated carbocycles. The summed E-state index contributed by atoms with van der Waals surface area (Å²) in [5.74, 6) is 0.557. The van der Waals surface area contributed by atoms with Crippen molar-refractivity contribution in [1.29, 1.82) is 0 Å². The van der Waals surface area contributed by atoms with Crippen molar-refractivity contribution < 1.29 is 4.79 Å². The summed E-state index contributed by atoms with van der Waals surface area (Å²) in [6.07, 6.45) is 0. The maximum absolute atomic E-state index is 11.2. The summed E-state index contributed by atoms with van der Waals surface area (Å²) in [4.78, 5) is 18.7. The van der Waals surface area contributed by atoms with Gasteiger partial charge < -0.3 is 10.7 Å². The first-order chi connectivity index (χ1) is 6.73. The van der Waals surface area contributed by atoms with Gasteiger partial charge in [-0.3, -0.25) is 4.79 Å². The van der Waals surface area contributed by atoms with Gasteiger partial charge >= 0.3 is 0 Å². The smallest absolute Gasteiger partial charge is 0.267 e. The highest BCUT2D eigenvalue weighted by Gasteiger charge is 2.23. The summed E-state index contributed by atoms with van der Waals surface area (Å²) in [5, 5.41) is 0. The van der Waals surface area contributed by atoms with Crippen LogP contribution in [-0.2, 0) is 5.41 Å². The van der Waals surface area contributed by atoms with E-state index in [9.17, 15) is 4.79 Å². The summed E-state index contributed by atoms with van der Waals surface area (Å²) in [6, 6.07) is 0. The number of hydrogen-bond acceptors (Lipinski definition) is 2. The fraction of sp³-hybridized carbons (Fsp3) is 0.636. The van der Waals surface area contributed by atoms with Gasteiger partial charge in [0.2, 0.25) is 0 Å². The lowest BCUT2D eigenvalue weighted by Gasteiger charge is -2.14. The van der Waals surface area contributed by atoms with Crippen LogP contribution in [0.3, 0.4) is 0 Å². The number of carbonyl (C=O) groups excluding carboxylic acids is 1. The van der Waals surface area contributed by atoms with Crippen molar-refractivity contribution in [3.63, 3.8) is 0 Å². The molecule has 0 aliphatic carbocycles. The third-order valence-electron chi connectivity index (χ3n) is 2.24. The molecule has 0 bridgehead atoms. The van der Waals surface area contributed by atoms with Crippen LogP contribution >= 0.6 is 0 Å². The summed E-state index contributed by atoms with van der Waals surface area (Å²) in [5.41, 5.74) is 6.40. The molecule has 1 amide bonds. The lowest BCUT2D eigenvalue weighted by Crippen LogP contribution is -2.16. The number of primary amides is 1. The fourth-order valence-corrected chi connectivity index (χ4v) is 1.35. The predicted molar refractivity (Wildman–Crippen MR) is 59.9 cm³/mol. The molecule has 1 rings (SSSR count). The Kier molecular flexibility index (Phi) is 2.88. The van der Waals surface area contributed by atoms with Gasteiger partial charge in [0.1, 0.15) is 11.5 Å². The van der Waals surface area contributed by atoms with E-state index in [-0.39, 0.29) is 11.3 Å². The number of nitrogens with one attached hydrogen (secondary N) is 1. The standard InChI is InChI=1S/C11H19N3O/c1-6(2)7-8(9(12)15)14-10(13-7)11(3,4)5/h6H,1-5H3,(H2,12,15)(H,13,14). The van der Waals surface area contributed by atoms with Crippen LogP contribution < -0.4 is 5.73 Å². The molecular weight excluding hydrogens is 190 g/mol. The average Bonchev–Trinajstić information content (AvgIpc) is 2.45. The Labute approximate surface area is 90.3 Å². The van der Waals surface area contributed by atoms with Crippen LogP contribution in [-0.4, -0.2) is 15.9 Å². The lowest BCUT2D eigenvalue weighted by atomic mass is 9.96. The highest BCUT2D eigenvalue weighted by atomic mass is 16.1. The number of hydrogen-bond donors (Lipinski definition) is 2. The zero-order valence-corrected chi connectivity index (χ0v) is 10.0. The second kappa shape index (κ2) is 3.68. The summed E-state index contributed by atoms with van der Waals surface area (Å²) < 4.78 is 0. The van der Waals surface area contributed by atoms with Crippen LogP contribution in [0.15, 0.2) is 0 Å². The Balaban J connectivity index is 3.28. The zero-order chi connectivity index (χ0) is 11.8. The van der Waals surface area contributed by atoms with E-state index in [0.29, 0.717) is 5.69 Å². The third-order valence-corrected chi connectivity index (χ3v) is 2.24. The molecule has 0 spiro atoms. The molecule has 0 fully saturated rings. The molecule has 0 aliphatic rings. The lowest BCUT2D eigenvalue weighted by molar-refractivity contribution is 0.0994. The van der Waals surface area contributed by atoms with Crippen LogP contribution in [0.1, 0.15) is 62.5 Å². The number of rotatable bonds is 2. The summed E-state index contributed by atoms with van der Waals surface area (Å²) in [6.45, 7) is 10.1. The molecule has 0 unspecified atom stereocenters. The van der Waals surface area contributed by atoms with Crippen molar-refractivity contribution in [2.75, 3.05) is 0 Å². The first kappa shape index (κ1) is 11.8. The van der Waals surface area contributed by atoms with Crippen molar-refractivity contribution in [2.24, 2.45) is 5.73 Å². The Bertz CT molecular complexity index is 372. The monoisotopic (exact) mass is 209 g/mol. The van der Waals surface area contributed by atoms with Gasteiger partial charge in [-0.05, 0) is 5.92 Å². The zero-order valence-electron chi connectivity index (χ0n) is 10.0. The van der Waals surface area contributed by atoms with E-state index < -0.39 is 5.91 Å². The molecule has 3 N–H and O–H groups in total. The number of imidazole rings is 1. The SMILES string of the molecule is CC(C)c1nc(C(C)(C)C)[nH]c1C(N)=O. The van der Waals surface area contributed by atoms with Crippen molar-refractivity contribution in [3.05, 3.63) is 17.2 Å². The minimum Gasteiger partial charge on any atom is -0.364 e. The van der Waals surface area contributed by atoms with Gasteiger partial charge in [0.05, 0.1) is 5.69 Å². The number of aromatic nitrogens is 2. The Morgan fingerprint density at radius 3 is 2.20 bits per heavy atom. The van der Waals surface area contributed by atoms with Crippen LogP contribution in [0.5, 0.6) is 0 Å². The number of carbonyl (C=O) groups is 1. The van der Waals surface area contributed by atoms with Crippen molar-refractivity contribution in [2.45, 2.75) is 46.0 Å². The minimum absolute atomic E-state index is 0.0999. The number of nitrogens with zero attached hydrogens (tertiary/aromatic N) is 1. The minimum atomic E-state index is -0.443. The van der Waals surface area contributed by atoms with Crippen LogP contribution in [0, 0.1) is 0 Å². The molecule has 1 heterocycles. The van der Waals surface area contributed by atoms with E-state index in [1.807, 2.05) is 34.6 Å². The maximum atomic E-state index is 11.2. The van der Waals surface area contributed by atoms with Gasteiger partial charge in [0.15, 0.2) is 0 Å². The largest absolute Gasteiger partial charge is 0.364 e. The Hall–Kier alpha value is -1.32. The van der Waals surface area contributed by atoms with Gasteiger partial charge in [-0.1, -0.05) is 34.6 Å². The molecule has 0 atom stereocenters. The molecule has 84 valence electrons. The number of aromatic amines is 1. The molecule has 0 radical (unpaired) electrons. The van der Waals surface area contributed by atoms with Crippen molar-refractivity contribution >= 4 is 5.91 Å². The molecule has 1 aromatic rings. The summed E-state index contributed by atoms with van der Waals surface area (Å²) in [7, 11) is 0. The van der Waals surface area contributed by atoms with Crippen molar-refractivity contribution in [1.82, 2.24) is 9.97 Å². The first-order valence-corrected chi connectivity index (χ1v) is 5.13. The van der Waals surface area contributed by atoms with E-state index in [2.05, 4.69) is 9.97 Å². The maximum Gasteiger partial charge on any atom is 0.267 e. The predicted octanol–water partition coefficient (Wildman–Crippen LogP) is 1.93. The van der Waals surface area contributed by atoms with Gasteiger partial charge in [0, 0.05) is 5.41 Å². The van der Waals surface area contributed by atoms with E-state index >= 15 is 0 Å². The highest BCUT2D eigenvalue weighted by molar-refractivity contribution is 5.92. The number of nitrogens with two attached hydrogens (primary N) is 1. The van der Waals surface area contributed by atoms with E-state index in [1.165, 1.54) is 0 Å². The second-order valence-electron chi connectivity index (χ2n) is 5.11. The highest BCUT2D eigenvalue weighted by Crippen LogP contribution is 2.24. The normalized spacial score (nSPS) is 12.1. The Morgan fingerprint density at radius 2 is 1.93 bits per heavy atom. The second-order valence-corrected chi connectivity index (χ2v) is 5.11. The molecule has 4 nitrogen and oxygen atoms in total. The quantitative estimate of drug-likeness (QED) is 0.781. The molecule has 1 aromatic heterocycles. The molecule has 15 heavy (non-hydrogen) atoms. The van der Waals surface area contributed by atoms with E-state index in [4.69, 9.17) is 5.73 Å². The Morgan fingerprint density at radius 1 is 1.40 bits per heavy atom. The van der Waals surface area contributed by atoms with Gasteiger partial charge in [0.25, 0.3) is 5.91 Å². The van der Waals surface area contributed by atoms with E-state index in [0.717, 1.165) is 11.5 Å². The molecule has 0 saturated heterocycles.